The first-order chi connectivity index (χ1) is 9.24. The lowest BCUT2D eigenvalue weighted by Gasteiger charge is -2.21. The second-order valence-electron chi connectivity index (χ2n) is 6.02. The minimum atomic E-state index is 0.309. The molecule has 0 bridgehead atoms. The molecule has 1 unspecified atom stereocenters. The predicted molar refractivity (Wildman–Crippen MR) is 92.8 cm³/mol. The maximum Gasteiger partial charge on any atom is 0.161 e. The van der Waals surface area contributed by atoms with Crippen molar-refractivity contribution in [3.8, 4) is 0 Å². The van der Waals surface area contributed by atoms with Gasteiger partial charge in [0.15, 0.2) is 5.17 Å². The Balaban J connectivity index is 2.01. The first-order valence-electron chi connectivity index (χ1n) is 6.37. The van der Waals surface area contributed by atoms with Crippen molar-refractivity contribution in [2.45, 2.75) is 32.4 Å². The molecule has 0 fully saturated rings. The Hall–Kier alpha value is -0.0900. The summed E-state index contributed by atoms with van der Waals surface area (Å²) in [6.45, 7) is 7.57. The van der Waals surface area contributed by atoms with E-state index in [0.29, 0.717) is 25.7 Å². The van der Waals surface area contributed by atoms with Gasteiger partial charge in [-0.05, 0) is 24.0 Å². The molecule has 6 heteroatoms. The van der Waals surface area contributed by atoms with Crippen molar-refractivity contribution >= 4 is 57.4 Å². The van der Waals surface area contributed by atoms with Crippen molar-refractivity contribution in [3.05, 3.63) is 27.2 Å². The topological polar surface area (TPSA) is 24.4 Å². The molecule has 1 aromatic rings. The largest absolute Gasteiger partial charge is 0.334 e. The molecule has 2 rings (SSSR count). The van der Waals surface area contributed by atoms with Gasteiger partial charge < -0.3 is 5.32 Å². The minimum absolute atomic E-state index is 0.309. The maximum absolute atomic E-state index is 6.15. The summed E-state index contributed by atoms with van der Waals surface area (Å²) in [5.41, 5.74) is 1.05. The first-order valence-corrected chi connectivity index (χ1v) is 8.38. The SMILES string of the molecule is CC(C)(C)CC1CN=C(Nc2cc(Cl)c(Cl)cc2Cl)S1. The molecule has 0 spiro atoms. The fourth-order valence-corrected chi connectivity index (χ4v) is 3.97. The number of nitrogens with zero attached hydrogens (tertiary/aromatic N) is 1. The number of rotatable bonds is 2. The van der Waals surface area contributed by atoms with Crippen molar-refractivity contribution in [2.24, 2.45) is 10.4 Å². The van der Waals surface area contributed by atoms with Gasteiger partial charge in [-0.1, -0.05) is 67.3 Å². The monoisotopic (exact) mass is 350 g/mol. The number of hydrogen-bond acceptors (Lipinski definition) is 3. The molecule has 2 nitrogen and oxygen atoms in total. The van der Waals surface area contributed by atoms with E-state index in [1.165, 1.54) is 0 Å². The summed E-state index contributed by atoms with van der Waals surface area (Å²) in [6.07, 6.45) is 1.13. The number of anilines is 1. The quantitative estimate of drug-likeness (QED) is 0.664. The number of aliphatic imine (C=N–C) groups is 1. The van der Waals surface area contributed by atoms with E-state index in [4.69, 9.17) is 34.8 Å². The van der Waals surface area contributed by atoms with E-state index in [2.05, 4.69) is 31.1 Å². The number of thioether (sulfide) groups is 1. The van der Waals surface area contributed by atoms with E-state index in [-0.39, 0.29) is 0 Å². The Morgan fingerprint density at radius 1 is 1.20 bits per heavy atom. The normalized spacial score (nSPS) is 19.1. The summed E-state index contributed by atoms with van der Waals surface area (Å²) in [7, 11) is 0. The van der Waals surface area contributed by atoms with Gasteiger partial charge in [0.25, 0.3) is 0 Å². The lowest BCUT2D eigenvalue weighted by Crippen LogP contribution is -2.16. The van der Waals surface area contributed by atoms with Gasteiger partial charge in [-0.3, -0.25) is 4.99 Å². The molecule has 0 radical (unpaired) electrons. The van der Waals surface area contributed by atoms with Crippen LogP contribution in [0.1, 0.15) is 27.2 Å². The molecule has 1 aliphatic rings. The van der Waals surface area contributed by atoms with Crippen LogP contribution in [0.3, 0.4) is 0 Å². The van der Waals surface area contributed by atoms with Crippen LogP contribution in [0.5, 0.6) is 0 Å². The lowest BCUT2D eigenvalue weighted by molar-refractivity contribution is 0.375. The summed E-state index contributed by atoms with van der Waals surface area (Å²) < 4.78 is 0. The predicted octanol–water partition coefficient (Wildman–Crippen LogP) is 5.97. The van der Waals surface area contributed by atoms with Crippen LogP contribution in [-0.4, -0.2) is 17.0 Å². The van der Waals surface area contributed by atoms with Gasteiger partial charge in [-0.25, -0.2) is 0 Å². The van der Waals surface area contributed by atoms with Crippen molar-refractivity contribution in [1.29, 1.82) is 0 Å². The third-order valence-electron chi connectivity index (χ3n) is 2.81. The molecular formula is C14H17Cl3N2S. The van der Waals surface area contributed by atoms with E-state index in [0.717, 1.165) is 23.8 Å². The maximum atomic E-state index is 6.15. The molecule has 0 saturated carbocycles. The Morgan fingerprint density at radius 2 is 1.85 bits per heavy atom. The molecule has 110 valence electrons. The molecule has 1 heterocycles. The zero-order valence-corrected chi connectivity index (χ0v) is 14.7. The molecule has 1 aliphatic heterocycles. The number of benzene rings is 1. The fraction of sp³-hybridized carbons (Fsp3) is 0.500. The van der Waals surface area contributed by atoms with Crippen LogP contribution in [-0.2, 0) is 0 Å². The Kier molecular flexibility index (Phi) is 5.17. The van der Waals surface area contributed by atoms with Crippen molar-refractivity contribution in [2.75, 3.05) is 11.9 Å². The number of nitrogens with one attached hydrogen (secondary N) is 1. The van der Waals surface area contributed by atoms with Crippen LogP contribution >= 0.6 is 46.6 Å². The van der Waals surface area contributed by atoms with Crippen LogP contribution in [0, 0.1) is 5.41 Å². The third kappa shape index (κ3) is 4.45. The van der Waals surface area contributed by atoms with Gasteiger partial charge >= 0.3 is 0 Å². The first kappa shape index (κ1) is 16.3. The second kappa shape index (κ2) is 6.35. The van der Waals surface area contributed by atoms with E-state index >= 15 is 0 Å². The van der Waals surface area contributed by atoms with E-state index in [1.54, 1.807) is 23.9 Å². The highest BCUT2D eigenvalue weighted by molar-refractivity contribution is 8.15. The lowest BCUT2D eigenvalue weighted by atomic mass is 9.90. The van der Waals surface area contributed by atoms with Crippen LogP contribution in [0.2, 0.25) is 15.1 Å². The summed E-state index contributed by atoms with van der Waals surface area (Å²) >= 11 is 19.8. The highest BCUT2D eigenvalue weighted by Gasteiger charge is 2.25. The highest BCUT2D eigenvalue weighted by atomic mass is 35.5. The van der Waals surface area contributed by atoms with Crippen molar-refractivity contribution in [3.63, 3.8) is 0 Å². The molecule has 0 aliphatic carbocycles. The minimum Gasteiger partial charge on any atom is -0.334 e. The average molecular weight is 352 g/mol. The van der Waals surface area contributed by atoms with Crippen LogP contribution < -0.4 is 5.32 Å². The molecule has 0 aromatic heterocycles. The number of hydrogen-bond donors (Lipinski definition) is 1. The highest BCUT2D eigenvalue weighted by Crippen LogP contribution is 2.35. The summed E-state index contributed by atoms with van der Waals surface area (Å²) in [5.74, 6) is 0. The molecule has 0 saturated heterocycles. The smallest absolute Gasteiger partial charge is 0.161 e. The second-order valence-corrected chi connectivity index (χ2v) is 8.53. The van der Waals surface area contributed by atoms with E-state index in [1.807, 2.05) is 0 Å². The summed E-state index contributed by atoms with van der Waals surface area (Å²) in [5, 5.41) is 6.11. The number of halogens is 3. The number of amidine groups is 1. The summed E-state index contributed by atoms with van der Waals surface area (Å²) in [6, 6.07) is 3.37. The molecule has 1 N–H and O–H groups in total. The summed E-state index contributed by atoms with van der Waals surface area (Å²) in [4.78, 5) is 4.52. The van der Waals surface area contributed by atoms with Gasteiger partial charge in [0.1, 0.15) is 0 Å². The molecule has 1 aromatic carbocycles. The van der Waals surface area contributed by atoms with Gasteiger partial charge in [0, 0.05) is 5.25 Å². The van der Waals surface area contributed by atoms with E-state index in [9.17, 15) is 0 Å². The van der Waals surface area contributed by atoms with Crippen molar-refractivity contribution in [1.82, 2.24) is 0 Å². The van der Waals surface area contributed by atoms with E-state index < -0.39 is 0 Å². The van der Waals surface area contributed by atoms with Crippen LogP contribution in [0.15, 0.2) is 17.1 Å². The Bertz CT molecular complexity index is 538. The average Bonchev–Trinajstić information content (AvgIpc) is 2.71. The standard InChI is InChI=1S/C14H17Cl3N2S/c1-14(2,3)6-8-7-18-13(20-8)19-12-5-10(16)9(15)4-11(12)17/h4-5,8H,6-7H2,1-3H3,(H,18,19). The van der Waals surface area contributed by atoms with Gasteiger partial charge in [-0.15, -0.1) is 0 Å². The molecular weight excluding hydrogens is 335 g/mol. The fourth-order valence-electron chi connectivity index (χ4n) is 2.01. The van der Waals surface area contributed by atoms with Gasteiger partial charge in [-0.2, -0.15) is 0 Å². The van der Waals surface area contributed by atoms with Gasteiger partial charge in [0.2, 0.25) is 0 Å². The Morgan fingerprint density at radius 3 is 2.50 bits per heavy atom. The Labute approximate surface area is 139 Å². The zero-order valence-electron chi connectivity index (χ0n) is 11.6. The molecule has 20 heavy (non-hydrogen) atoms. The van der Waals surface area contributed by atoms with Gasteiger partial charge in [0.05, 0.1) is 27.3 Å². The van der Waals surface area contributed by atoms with Crippen LogP contribution in [0.4, 0.5) is 5.69 Å². The molecule has 0 amide bonds. The third-order valence-corrected chi connectivity index (χ3v) is 4.95. The van der Waals surface area contributed by atoms with Crippen LogP contribution in [0.25, 0.3) is 0 Å². The zero-order chi connectivity index (χ0) is 14.9. The van der Waals surface area contributed by atoms with Crippen molar-refractivity contribution < 1.29 is 0 Å². The molecule has 1 atom stereocenters.